The minimum absolute atomic E-state index is 0.696. The maximum absolute atomic E-state index is 10.5. The Bertz CT molecular complexity index is 328. The molecule has 2 rings (SSSR count). The third-order valence-corrected chi connectivity index (χ3v) is 3.76. The van der Waals surface area contributed by atoms with Crippen molar-refractivity contribution in [1.29, 1.82) is 0 Å². The fourth-order valence-electron chi connectivity index (χ4n) is 2.50. The van der Waals surface area contributed by atoms with Crippen LogP contribution in [-0.4, -0.2) is 29.6 Å². The highest BCUT2D eigenvalue weighted by molar-refractivity contribution is 5.21. The van der Waals surface area contributed by atoms with Crippen LogP contribution in [0.2, 0.25) is 0 Å². The summed E-state index contributed by atoms with van der Waals surface area (Å²) in [6.45, 7) is 5.32. The van der Waals surface area contributed by atoms with Crippen molar-refractivity contribution in [1.82, 2.24) is 4.90 Å². The summed E-state index contributed by atoms with van der Waals surface area (Å²) >= 11 is 0. The summed E-state index contributed by atoms with van der Waals surface area (Å²) in [7, 11) is 0. The van der Waals surface area contributed by atoms with Crippen LogP contribution in [0.5, 0.6) is 0 Å². The summed E-state index contributed by atoms with van der Waals surface area (Å²) in [5.74, 6) is 0. The van der Waals surface area contributed by atoms with Gasteiger partial charge in [-0.15, -0.1) is 0 Å². The molecule has 1 aromatic carbocycles. The van der Waals surface area contributed by atoms with E-state index in [4.69, 9.17) is 0 Å². The van der Waals surface area contributed by atoms with Crippen molar-refractivity contribution in [2.45, 2.75) is 38.2 Å². The Morgan fingerprint density at radius 3 is 2.41 bits per heavy atom. The monoisotopic (exact) mass is 233 g/mol. The molecule has 0 saturated carbocycles. The molecule has 2 heteroatoms. The van der Waals surface area contributed by atoms with Crippen LogP contribution in [0.4, 0.5) is 0 Å². The topological polar surface area (TPSA) is 23.5 Å². The Morgan fingerprint density at radius 2 is 1.76 bits per heavy atom. The molecule has 0 amide bonds. The second-order valence-electron chi connectivity index (χ2n) is 5.29. The van der Waals surface area contributed by atoms with Crippen LogP contribution < -0.4 is 0 Å². The van der Waals surface area contributed by atoms with Gasteiger partial charge in [0.2, 0.25) is 0 Å². The quantitative estimate of drug-likeness (QED) is 0.864. The highest BCUT2D eigenvalue weighted by Crippen LogP contribution is 2.24. The molecule has 1 aromatic rings. The SMILES string of the molecule is CC(O)(CCN1CCCCC1)c1ccccc1. The number of hydrogen-bond donors (Lipinski definition) is 1. The highest BCUT2D eigenvalue weighted by atomic mass is 16.3. The second-order valence-corrected chi connectivity index (χ2v) is 5.29. The number of hydrogen-bond acceptors (Lipinski definition) is 2. The van der Waals surface area contributed by atoms with Gasteiger partial charge in [0.1, 0.15) is 0 Å². The minimum Gasteiger partial charge on any atom is -0.385 e. The van der Waals surface area contributed by atoms with Gasteiger partial charge in [0.25, 0.3) is 0 Å². The van der Waals surface area contributed by atoms with E-state index >= 15 is 0 Å². The summed E-state index contributed by atoms with van der Waals surface area (Å²) in [5.41, 5.74) is 0.329. The van der Waals surface area contributed by atoms with Gasteiger partial charge in [-0.2, -0.15) is 0 Å². The van der Waals surface area contributed by atoms with Gasteiger partial charge in [0.05, 0.1) is 5.60 Å². The molecule has 1 aliphatic heterocycles. The Balaban J connectivity index is 1.88. The van der Waals surface area contributed by atoms with Crippen LogP contribution in [0.1, 0.15) is 38.2 Å². The van der Waals surface area contributed by atoms with E-state index < -0.39 is 5.60 Å². The predicted molar refractivity (Wildman–Crippen MR) is 70.9 cm³/mol. The lowest BCUT2D eigenvalue weighted by atomic mass is 9.92. The molecule has 0 radical (unpaired) electrons. The number of benzene rings is 1. The molecule has 94 valence electrons. The highest BCUT2D eigenvalue weighted by Gasteiger charge is 2.23. The van der Waals surface area contributed by atoms with Crippen molar-refractivity contribution in [3.05, 3.63) is 35.9 Å². The number of aliphatic hydroxyl groups is 1. The van der Waals surface area contributed by atoms with Crippen LogP contribution in [0.3, 0.4) is 0 Å². The maximum Gasteiger partial charge on any atom is 0.0880 e. The van der Waals surface area contributed by atoms with Crippen LogP contribution in [-0.2, 0) is 5.60 Å². The fraction of sp³-hybridized carbons (Fsp3) is 0.600. The standard InChI is InChI=1S/C15H23NO/c1-15(17,14-8-4-2-5-9-14)10-13-16-11-6-3-7-12-16/h2,4-5,8-9,17H,3,6-7,10-13H2,1H3. The summed E-state index contributed by atoms with van der Waals surface area (Å²) < 4.78 is 0. The molecule has 1 unspecified atom stereocenters. The van der Waals surface area contributed by atoms with E-state index in [1.54, 1.807) is 0 Å². The molecule has 0 spiro atoms. The molecule has 2 nitrogen and oxygen atoms in total. The molecule has 0 bridgehead atoms. The summed E-state index contributed by atoms with van der Waals surface area (Å²) in [6.07, 6.45) is 4.81. The van der Waals surface area contributed by atoms with Crippen LogP contribution >= 0.6 is 0 Å². The van der Waals surface area contributed by atoms with E-state index in [1.807, 2.05) is 37.3 Å². The van der Waals surface area contributed by atoms with Gasteiger partial charge in [0.15, 0.2) is 0 Å². The van der Waals surface area contributed by atoms with Gasteiger partial charge < -0.3 is 10.0 Å². The zero-order valence-electron chi connectivity index (χ0n) is 10.7. The molecule has 1 N–H and O–H groups in total. The third kappa shape index (κ3) is 3.55. The predicted octanol–water partition coefficient (Wildman–Crippen LogP) is 2.77. The van der Waals surface area contributed by atoms with Crippen molar-refractivity contribution in [3.8, 4) is 0 Å². The van der Waals surface area contributed by atoms with E-state index in [9.17, 15) is 5.11 Å². The Hall–Kier alpha value is -0.860. The molecule has 0 aromatic heterocycles. The van der Waals surface area contributed by atoms with E-state index in [-0.39, 0.29) is 0 Å². The smallest absolute Gasteiger partial charge is 0.0880 e. The van der Waals surface area contributed by atoms with Crippen LogP contribution in [0, 0.1) is 0 Å². The zero-order chi connectivity index (χ0) is 12.1. The molecule has 0 aliphatic carbocycles. The summed E-state index contributed by atoms with van der Waals surface area (Å²) in [6, 6.07) is 9.99. The lowest BCUT2D eigenvalue weighted by molar-refractivity contribution is 0.0337. The van der Waals surface area contributed by atoms with Crippen molar-refractivity contribution in [2.24, 2.45) is 0 Å². The molecular formula is C15H23NO. The fourth-order valence-corrected chi connectivity index (χ4v) is 2.50. The van der Waals surface area contributed by atoms with Gasteiger partial charge in [-0.1, -0.05) is 36.8 Å². The average Bonchev–Trinajstić information content (AvgIpc) is 2.39. The van der Waals surface area contributed by atoms with Gasteiger partial charge in [-0.3, -0.25) is 0 Å². The Morgan fingerprint density at radius 1 is 1.12 bits per heavy atom. The Kier molecular flexibility index (Phi) is 4.19. The zero-order valence-corrected chi connectivity index (χ0v) is 10.7. The first-order valence-corrected chi connectivity index (χ1v) is 6.69. The molecular weight excluding hydrogens is 210 g/mol. The van der Waals surface area contributed by atoms with Crippen molar-refractivity contribution < 1.29 is 5.11 Å². The van der Waals surface area contributed by atoms with E-state index in [2.05, 4.69) is 4.90 Å². The summed E-state index contributed by atoms with van der Waals surface area (Å²) in [4.78, 5) is 2.47. The number of piperidine rings is 1. The molecule has 1 fully saturated rings. The average molecular weight is 233 g/mol. The summed E-state index contributed by atoms with van der Waals surface area (Å²) in [5, 5.41) is 10.5. The van der Waals surface area contributed by atoms with Crippen molar-refractivity contribution in [2.75, 3.05) is 19.6 Å². The maximum atomic E-state index is 10.5. The third-order valence-electron chi connectivity index (χ3n) is 3.76. The van der Waals surface area contributed by atoms with Gasteiger partial charge >= 0.3 is 0 Å². The van der Waals surface area contributed by atoms with Crippen LogP contribution in [0.15, 0.2) is 30.3 Å². The normalized spacial score (nSPS) is 21.1. The van der Waals surface area contributed by atoms with Gasteiger partial charge in [-0.25, -0.2) is 0 Å². The first-order valence-electron chi connectivity index (χ1n) is 6.69. The molecule has 1 saturated heterocycles. The molecule has 1 heterocycles. The van der Waals surface area contributed by atoms with Gasteiger partial charge in [0, 0.05) is 6.54 Å². The first kappa shape index (κ1) is 12.6. The van der Waals surface area contributed by atoms with E-state index in [0.29, 0.717) is 0 Å². The lowest BCUT2D eigenvalue weighted by Gasteiger charge is -2.31. The first-order chi connectivity index (χ1) is 8.18. The van der Waals surface area contributed by atoms with Gasteiger partial charge in [-0.05, 0) is 44.8 Å². The largest absolute Gasteiger partial charge is 0.385 e. The lowest BCUT2D eigenvalue weighted by Crippen LogP contribution is -2.34. The molecule has 1 atom stereocenters. The Labute approximate surface area is 104 Å². The van der Waals surface area contributed by atoms with E-state index in [1.165, 1.54) is 32.4 Å². The van der Waals surface area contributed by atoms with Crippen molar-refractivity contribution in [3.63, 3.8) is 0 Å². The minimum atomic E-state index is -0.696. The molecule has 17 heavy (non-hydrogen) atoms. The van der Waals surface area contributed by atoms with E-state index in [0.717, 1.165) is 18.5 Å². The number of nitrogens with zero attached hydrogens (tertiary/aromatic N) is 1. The number of likely N-dealkylation sites (tertiary alicyclic amines) is 1. The molecule has 1 aliphatic rings. The number of rotatable bonds is 4. The van der Waals surface area contributed by atoms with Crippen LogP contribution in [0.25, 0.3) is 0 Å². The second kappa shape index (κ2) is 5.65. The van der Waals surface area contributed by atoms with Crippen molar-refractivity contribution >= 4 is 0 Å².